The molecule has 1 aliphatic heterocycles. The molecule has 7 heteroatoms. The predicted octanol–water partition coefficient (Wildman–Crippen LogP) is 1.53. The second-order valence-corrected chi connectivity index (χ2v) is 6.95. The lowest BCUT2D eigenvalue weighted by Gasteiger charge is -2.13. The number of amides is 1. The van der Waals surface area contributed by atoms with Crippen LogP contribution >= 0.6 is 0 Å². The van der Waals surface area contributed by atoms with Gasteiger partial charge in [-0.2, -0.15) is 0 Å². The zero-order valence-corrected chi connectivity index (χ0v) is 15.6. The topological polar surface area (TPSA) is 105 Å². The number of benzene rings is 1. The van der Waals surface area contributed by atoms with Crippen molar-refractivity contribution in [3.8, 4) is 23.2 Å². The summed E-state index contributed by atoms with van der Waals surface area (Å²) in [5, 5.41) is 11.3. The summed E-state index contributed by atoms with van der Waals surface area (Å²) < 4.78 is 0. The minimum Gasteiger partial charge on any atom is -0.382 e. The van der Waals surface area contributed by atoms with Crippen molar-refractivity contribution in [2.45, 2.75) is 18.9 Å². The fourth-order valence-corrected chi connectivity index (χ4v) is 3.22. The van der Waals surface area contributed by atoms with Crippen LogP contribution < -0.4 is 5.73 Å². The lowest BCUT2D eigenvalue weighted by atomic mass is 10.0. The zero-order valence-electron chi connectivity index (χ0n) is 15.6. The van der Waals surface area contributed by atoms with Crippen molar-refractivity contribution < 1.29 is 9.90 Å². The van der Waals surface area contributed by atoms with Crippen LogP contribution in [0.5, 0.6) is 0 Å². The molecule has 4 rings (SSSR count). The van der Waals surface area contributed by atoms with E-state index in [1.807, 2.05) is 37.3 Å². The summed E-state index contributed by atoms with van der Waals surface area (Å²) in [4.78, 5) is 26.7. The molecule has 7 nitrogen and oxygen atoms in total. The van der Waals surface area contributed by atoms with Gasteiger partial charge in [-0.05, 0) is 25.1 Å². The Morgan fingerprint density at radius 3 is 2.86 bits per heavy atom. The number of anilines is 1. The van der Waals surface area contributed by atoms with E-state index in [0.717, 1.165) is 16.6 Å². The summed E-state index contributed by atoms with van der Waals surface area (Å²) in [7, 11) is 1.65. The first-order valence-electron chi connectivity index (χ1n) is 8.87. The number of rotatable bonds is 1. The van der Waals surface area contributed by atoms with Gasteiger partial charge in [-0.15, -0.1) is 0 Å². The van der Waals surface area contributed by atoms with Gasteiger partial charge in [-0.1, -0.05) is 24.0 Å². The minimum atomic E-state index is -1.62. The van der Waals surface area contributed by atoms with Crippen molar-refractivity contribution in [1.29, 1.82) is 0 Å². The summed E-state index contributed by atoms with van der Waals surface area (Å²) >= 11 is 0. The largest absolute Gasteiger partial charge is 0.382 e. The molecule has 0 aliphatic carbocycles. The Kier molecular flexibility index (Phi) is 4.21. The number of aliphatic hydroxyl groups is 1. The number of likely N-dealkylation sites (tertiary alicyclic amines) is 1. The van der Waals surface area contributed by atoms with Gasteiger partial charge in [-0.25, -0.2) is 15.0 Å². The van der Waals surface area contributed by atoms with Crippen molar-refractivity contribution in [2.24, 2.45) is 0 Å². The fraction of sp³-hybridized carbons (Fsp3) is 0.238. The second-order valence-electron chi connectivity index (χ2n) is 6.95. The van der Waals surface area contributed by atoms with Gasteiger partial charge in [0.1, 0.15) is 11.3 Å². The first kappa shape index (κ1) is 17.9. The van der Waals surface area contributed by atoms with E-state index in [2.05, 4.69) is 26.8 Å². The van der Waals surface area contributed by atoms with Crippen molar-refractivity contribution in [3.63, 3.8) is 0 Å². The van der Waals surface area contributed by atoms with Crippen LogP contribution in [0.3, 0.4) is 0 Å². The average molecular weight is 373 g/mol. The Balaban J connectivity index is 1.70. The molecule has 1 amide bonds. The van der Waals surface area contributed by atoms with Crippen molar-refractivity contribution in [3.05, 3.63) is 47.8 Å². The van der Waals surface area contributed by atoms with Crippen LogP contribution in [0.15, 0.2) is 36.5 Å². The van der Waals surface area contributed by atoms with Gasteiger partial charge in [0, 0.05) is 48.4 Å². The summed E-state index contributed by atoms with van der Waals surface area (Å²) in [6.45, 7) is 2.36. The number of carbonyl (C=O) groups is 1. The van der Waals surface area contributed by atoms with Crippen LogP contribution in [-0.2, 0) is 4.79 Å². The maximum Gasteiger partial charge on any atom is 0.267 e. The smallest absolute Gasteiger partial charge is 0.267 e. The molecule has 0 bridgehead atoms. The second kappa shape index (κ2) is 6.59. The highest BCUT2D eigenvalue weighted by Crippen LogP contribution is 2.23. The molecule has 1 saturated heterocycles. The number of aromatic nitrogens is 3. The van der Waals surface area contributed by atoms with E-state index < -0.39 is 5.60 Å². The molecule has 1 fully saturated rings. The minimum absolute atomic E-state index is 0.300. The van der Waals surface area contributed by atoms with Crippen molar-refractivity contribution >= 4 is 22.6 Å². The molecule has 140 valence electrons. The van der Waals surface area contributed by atoms with Gasteiger partial charge < -0.3 is 15.7 Å². The van der Waals surface area contributed by atoms with Gasteiger partial charge in [0.2, 0.25) is 5.60 Å². The number of nitrogens with two attached hydrogens (primary N) is 1. The number of nitrogens with zero attached hydrogens (tertiary/aromatic N) is 4. The Bertz CT molecular complexity index is 1160. The van der Waals surface area contributed by atoms with E-state index in [-0.39, 0.29) is 5.91 Å². The number of aryl methyl sites for hydroxylation is 1. The SMILES string of the molecule is Cc1cc2cnc(-c3cccc(C#C[C@]4(O)CCN(C)C4=O)c3)nc2c(N)n1. The van der Waals surface area contributed by atoms with Crippen LogP contribution in [0.1, 0.15) is 17.7 Å². The summed E-state index contributed by atoms with van der Waals surface area (Å²) in [6, 6.07) is 9.21. The summed E-state index contributed by atoms with van der Waals surface area (Å²) in [6.07, 6.45) is 2.02. The highest BCUT2D eigenvalue weighted by molar-refractivity contribution is 5.90. The fourth-order valence-electron chi connectivity index (χ4n) is 3.22. The van der Waals surface area contributed by atoms with Crippen LogP contribution in [0.2, 0.25) is 0 Å². The predicted molar refractivity (Wildman–Crippen MR) is 106 cm³/mol. The number of pyridine rings is 1. The molecule has 2 aromatic heterocycles. The van der Waals surface area contributed by atoms with Gasteiger partial charge in [-0.3, -0.25) is 4.79 Å². The third-order valence-corrected chi connectivity index (χ3v) is 4.76. The highest BCUT2D eigenvalue weighted by Gasteiger charge is 2.42. The van der Waals surface area contributed by atoms with E-state index >= 15 is 0 Å². The zero-order chi connectivity index (χ0) is 19.9. The van der Waals surface area contributed by atoms with E-state index in [1.165, 1.54) is 4.90 Å². The van der Waals surface area contributed by atoms with Crippen molar-refractivity contribution in [2.75, 3.05) is 19.3 Å². The molecule has 3 aromatic rings. The van der Waals surface area contributed by atoms with Crippen molar-refractivity contribution in [1.82, 2.24) is 19.9 Å². The third-order valence-electron chi connectivity index (χ3n) is 4.76. The van der Waals surface area contributed by atoms with Crippen LogP contribution in [0.4, 0.5) is 5.82 Å². The number of fused-ring (bicyclic) bond motifs is 1. The molecular formula is C21H19N5O2. The Morgan fingerprint density at radius 1 is 1.29 bits per heavy atom. The molecule has 3 heterocycles. The number of likely N-dealkylation sites (N-methyl/N-ethyl adjacent to an activating group) is 1. The first-order chi connectivity index (χ1) is 13.4. The third kappa shape index (κ3) is 3.15. The highest BCUT2D eigenvalue weighted by atomic mass is 16.3. The average Bonchev–Trinajstić information content (AvgIpc) is 2.94. The molecule has 0 radical (unpaired) electrons. The monoisotopic (exact) mass is 373 g/mol. The van der Waals surface area contributed by atoms with E-state index in [4.69, 9.17) is 5.73 Å². The Labute approximate surface area is 162 Å². The summed E-state index contributed by atoms with van der Waals surface area (Å²) in [5.74, 6) is 6.12. The first-order valence-corrected chi connectivity index (χ1v) is 8.87. The molecule has 3 N–H and O–H groups in total. The molecule has 0 saturated carbocycles. The Hall–Kier alpha value is -3.50. The molecule has 0 unspecified atom stereocenters. The number of nitrogen functional groups attached to an aromatic ring is 1. The van der Waals surface area contributed by atoms with Crippen LogP contribution in [-0.4, -0.2) is 50.1 Å². The number of hydrogen-bond donors (Lipinski definition) is 2. The number of hydrogen-bond acceptors (Lipinski definition) is 6. The normalized spacial score (nSPS) is 19.0. The lowest BCUT2D eigenvalue weighted by Crippen LogP contribution is -2.37. The van der Waals surface area contributed by atoms with Gasteiger partial charge in [0.25, 0.3) is 5.91 Å². The van der Waals surface area contributed by atoms with Gasteiger partial charge in [0.05, 0.1) is 0 Å². The van der Waals surface area contributed by atoms with E-state index in [0.29, 0.717) is 35.7 Å². The maximum absolute atomic E-state index is 12.1. The molecule has 1 aliphatic rings. The standard InChI is InChI=1S/C21H19N5O2/c1-13-10-16-12-23-19(25-17(16)18(22)24-13)15-5-3-4-14(11-15)6-7-21(28)8-9-26(2)20(21)27/h3-5,10-12,28H,8-9H2,1-2H3,(H2,22,24)/t21-/m0/s1. The molecule has 0 spiro atoms. The molecule has 1 atom stereocenters. The maximum atomic E-state index is 12.1. The van der Waals surface area contributed by atoms with Crippen LogP contribution in [0.25, 0.3) is 22.3 Å². The summed E-state index contributed by atoms with van der Waals surface area (Å²) in [5.41, 5.74) is 7.21. The van der Waals surface area contributed by atoms with E-state index in [9.17, 15) is 9.90 Å². The van der Waals surface area contributed by atoms with E-state index in [1.54, 1.807) is 13.2 Å². The lowest BCUT2D eigenvalue weighted by molar-refractivity contribution is -0.137. The molecular weight excluding hydrogens is 354 g/mol. The van der Waals surface area contributed by atoms with Crippen LogP contribution in [0, 0.1) is 18.8 Å². The molecule has 28 heavy (non-hydrogen) atoms. The molecule has 1 aromatic carbocycles. The quantitative estimate of drug-likeness (QED) is 0.627. The van der Waals surface area contributed by atoms with Gasteiger partial charge >= 0.3 is 0 Å². The Morgan fingerprint density at radius 2 is 2.11 bits per heavy atom. The number of carbonyl (C=O) groups excluding carboxylic acids is 1. The van der Waals surface area contributed by atoms with Gasteiger partial charge in [0.15, 0.2) is 5.82 Å².